The third-order valence-electron chi connectivity index (χ3n) is 15.4. The molecule has 0 radical (unpaired) electrons. The number of amides is 2. The van der Waals surface area contributed by atoms with Crippen molar-refractivity contribution >= 4 is 28.2 Å². The molecule has 0 aromatic rings. The molecule has 0 aliphatic carbocycles. The fourth-order valence-electron chi connectivity index (χ4n) is 10.8. The summed E-state index contributed by atoms with van der Waals surface area (Å²) in [6, 6.07) is -2.93. The van der Waals surface area contributed by atoms with Gasteiger partial charge >= 0.3 is 16.4 Å². The lowest BCUT2D eigenvalue weighted by atomic mass is 9.94. The van der Waals surface area contributed by atoms with E-state index in [9.17, 15) is 104 Å². The molecule has 27 unspecified atom stereocenters. The lowest BCUT2D eigenvalue weighted by Crippen LogP contribution is -2.70. The highest BCUT2D eigenvalue weighted by molar-refractivity contribution is 7.80. The summed E-state index contributed by atoms with van der Waals surface area (Å²) < 4.78 is 93.4. The molecule has 0 aromatic carbocycles. The lowest BCUT2D eigenvalue weighted by Gasteiger charge is -2.50. The number of carboxylic acids is 1. The first-order valence-corrected chi connectivity index (χ1v) is 30.4. The quantitative estimate of drug-likeness (QED) is 0.0162. The average molecular weight is 1290 g/mol. The van der Waals surface area contributed by atoms with Crippen LogP contribution in [0.1, 0.15) is 97.8 Å². The Labute approximate surface area is 501 Å². The van der Waals surface area contributed by atoms with E-state index in [-0.39, 0.29) is 0 Å². The lowest BCUT2D eigenvalue weighted by molar-refractivity contribution is -0.386. The van der Waals surface area contributed by atoms with Crippen LogP contribution in [-0.2, 0) is 76.3 Å². The molecule has 5 heterocycles. The molecule has 5 saturated heterocycles. The predicted octanol–water partition coefficient (Wildman–Crippen LogP) is -6.71. The maximum absolute atomic E-state index is 12.7. The van der Waals surface area contributed by atoms with Gasteiger partial charge in [0, 0.05) is 13.8 Å². The number of allylic oxidation sites excluding steroid dienone is 1. The van der Waals surface area contributed by atoms with E-state index in [0.29, 0.717) is 6.42 Å². The van der Waals surface area contributed by atoms with Crippen LogP contribution in [0, 0.1) is 0 Å². The minimum Gasteiger partial charge on any atom is -0.479 e. The molecule has 18 N–H and O–H groups in total. The van der Waals surface area contributed by atoms with Gasteiger partial charge in [-0.15, -0.1) is 0 Å². The molecular weight excluding hydrogens is 1200 g/mol. The molecule has 5 rings (SSSR count). The number of carboxylic acid groups (broad SMARTS) is 1. The smallest absolute Gasteiger partial charge is 0.397 e. The zero-order chi connectivity index (χ0) is 64.4. The third kappa shape index (κ3) is 20.8. The van der Waals surface area contributed by atoms with Gasteiger partial charge in [0.15, 0.2) is 37.6 Å². The highest BCUT2D eigenvalue weighted by Gasteiger charge is 2.58. The van der Waals surface area contributed by atoms with E-state index < -0.39 is 227 Å². The van der Waals surface area contributed by atoms with Gasteiger partial charge in [-0.2, -0.15) is 8.42 Å². The molecule has 5 aliphatic rings. The van der Waals surface area contributed by atoms with Crippen molar-refractivity contribution in [3.05, 3.63) is 12.2 Å². The topological polar surface area (TPSA) is 535 Å². The molecule has 35 heteroatoms. The van der Waals surface area contributed by atoms with Crippen molar-refractivity contribution in [1.29, 1.82) is 0 Å². The number of nitrogens with one attached hydrogen (secondary N) is 2. The summed E-state index contributed by atoms with van der Waals surface area (Å²) in [6.07, 6.45) is -34.7. The third-order valence-corrected chi connectivity index (χ3v) is 15.9. The zero-order valence-electron chi connectivity index (χ0n) is 48.4. The Morgan fingerprint density at radius 3 is 1.43 bits per heavy atom. The van der Waals surface area contributed by atoms with Crippen LogP contribution in [0.15, 0.2) is 12.2 Å². The van der Waals surface area contributed by atoms with Crippen LogP contribution in [0.25, 0.3) is 0 Å². The zero-order valence-corrected chi connectivity index (χ0v) is 49.2. The first kappa shape index (κ1) is 74.8. The maximum Gasteiger partial charge on any atom is 0.397 e. The molecule has 0 bridgehead atoms. The van der Waals surface area contributed by atoms with Gasteiger partial charge in [0.25, 0.3) is 0 Å². The van der Waals surface area contributed by atoms with Crippen molar-refractivity contribution in [3.8, 4) is 0 Å². The first-order valence-electron chi connectivity index (χ1n) is 29.1. The van der Waals surface area contributed by atoms with E-state index in [1.54, 1.807) is 6.08 Å². The van der Waals surface area contributed by atoms with Crippen molar-refractivity contribution < 1.29 is 156 Å². The minimum absolute atomic E-state index is 0.474. The van der Waals surface area contributed by atoms with Gasteiger partial charge in [0.1, 0.15) is 116 Å². The molecule has 5 fully saturated rings. The number of carbonyl (C=O) groups is 3. The van der Waals surface area contributed by atoms with E-state index in [1.807, 2.05) is 0 Å². The van der Waals surface area contributed by atoms with Crippen LogP contribution in [0.2, 0.25) is 0 Å². The van der Waals surface area contributed by atoms with Crippen molar-refractivity contribution in [2.75, 3.05) is 33.0 Å². The Morgan fingerprint density at radius 2 is 0.954 bits per heavy atom. The molecule has 0 saturated carbocycles. The Kier molecular flexibility index (Phi) is 30.7. The van der Waals surface area contributed by atoms with Crippen molar-refractivity contribution in [1.82, 2.24) is 10.6 Å². The number of unbranched alkanes of at least 4 members (excludes halogenated alkanes) is 11. The van der Waals surface area contributed by atoms with Gasteiger partial charge in [-0.1, -0.05) is 83.3 Å². The van der Waals surface area contributed by atoms with Crippen LogP contribution in [-0.4, -0.2) is 306 Å². The first-order chi connectivity index (χ1) is 41.2. The van der Waals surface area contributed by atoms with E-state index in [0.717, 1.165) is 32.6 Å². The van der Waals surface area contributed by atoms with Crippen LogP contribution in [0.5, 0.6) is 0 Å². The summed E-state index contributed by atoms with van der Waals surface area (Å²) in [6.45, 7) is -0.285. The Morgan fingerprint density at radius 1 is 0.517 bits per heavy atom. The summed E-state index contributed by atoms with van der Waals surface area (Å²) in [5.74, 6) is -3.40. The SMILES string of the molecule is CCCCCCCCCCCCC/C=C/C(O)C(COC1OC(CO)C(OC2OC(CO)C(O)C(OC3OC(CO)C(OC4OC(CO)C(O)C(OC5OC(C(=O)O)C(O)C(OS(=O)(=O)O)C5O)C4O)C(O)C3NC(C)=O)C2O)C(O)C1O)NC(C)=O. The molecule has 0 spiro atoms. The number of rotatable bonds is 34. The molecule has 0 aromatic heterocycles. The molecular formula is C52H90N2O32S. The van der Waals surface area contributed by atoms with Crippen molar-refractivity contribution in [2.45, 2.75) is 263 Å². The Hall–Kier alpha value is -2.94. The average Bonchev–Trinajstić information content (AvgIpc) is 0.862. The van der Waals surface area contributed by atoms with Crippen LogP contribution in [0.3, 0.4) is 0 Å². The summed E-state index contributed by atoms with van der Waals surface area (Å²) in [5.41, 5.74) is 0. The number of carbonyl (C=O) groups excluding carboxylic acids is 2. The highest BCUT2D eigenvalue weighted by Crippen LogP contribution is 2.37. The van der Waals surface area contributed by atoms with Gasteiger partial charge in [-0.25, -0.2) is 8.98 Å². The standard InChI is InChI=1S/C52H90N2O32S/c1-4-5-6-7-8-9-10-11-12-13-14-15-16-17-26(61)25(53-23(2)59)22-76-49-36(66)35(65)42(30(21-58)80-49)82-51-38(68)43(32(62)27(18-55)78-51)83-48-31(54-24(3)60)34(64)41(29(20-57)79-48)81-50-39(69)44(33(63)28(19-56)77-50)84-52-40(70)45(86-87(73,74)75)37(67)46(85-52)47(71)72/h16-17,25-46,48-52,55-58,61-70H,4-15,18-22H2,1-3H3,(H,53,59)(H,54,60)(H,71,72)(H,73,74,75)/b17-16+. The van der Waals surface area contributed by atoms with Gasteiger partial charge < -0.3 is 135 Å². The van der Waals surface area contributed by atoms with Crippen LogP contribution < -0.4 is 10.6 Å². The van der Waals surface area contributed by atoms with E-state index >= 15 is 0 Å². The van der Waals surface area contributed by atoms with E-state index in [2.05, 4.69) is 21.7 Å². The monoisotopic (exact) mass is 1290 g/mol. The normalized spacial score (nSPS) is 39.3. The van der Waals surface area contributed by atoms with Crippen molar-refractivity contribution in [2.24, 2.45) is 0 Å². The number of aliphatic carboxylic acids is 1. The largest absolute Gasteiger partial charge is 0.479 e. The minimum atomic E-state index is -5.51. The molecule has 506 valence electrons. The molecule has 34 nitrogen and oxygen atoms in total. The summed E-state index contributed by atoms with van der Waals surface area (Å²) in [4.78, 5) is 36.7. The van der Waals surface area contributed by atoms with Crippen molar-refractivity contribution in [3.63, 3.8) is 0 Å². The Balaban J connectivity index is 1.24. The number of aliphatic hydroxyl groups excluding tert-OH is 14. The predicted molar refractivity (Wildman–Crippen MR) is 287 cm³/mol. The molecule has 5 aliphatic heterocycles. The van der Waals surface area contributed by atoms with Gasteiger partial charge in [0.05, 0.1) is 45.2 Å². The number of hydrogen-bond acceptors (Lipinski definition) is 30. The van der Waals surface area contributed by atoms with Crippen LogP contribution >= 0.6 is 0 Å². The number of aliphatic hydroxyl groups is 14. The fourth-order valence-corrected chi connectivity index (χ4v) is 11.3. The molecule has 2 amide bonds. The molecule has 27 atom stereocenters. The Bertz CT molecular complexity index is 2210. The second-order valence-electron chi connectivity index (χ2n) is 22.1. The second kappa shape index (κ2) is 35.8. The van der Waals surface area contributed by atoms with Gasteiger partial charge in [-0.3, -0.25) is 14.1 Å². The summed E-state index contributed by atoms with van der Waals surface area (Å²) in [5, 5.41) is 169. The fraction of sp³-hybridized carbons (Fsp3) is 0.904. The number of ether oxygens (including phenoxy) is 10. The summed E-state index contributed by atoms with van der Waals surface area (Å²) in [7, 11) is -5.51. The van der Waals surface area contributed by atoms with Gasteiger partial charge in [-0.05, 0) is 12.8 Å². The van der Waals surface area contributed by atoms with Crippen LogP contribution in [0.4, 0.5) is 0 Å². The second-order valence-corrected chi connectivity index (χ2v) is 23.1. The maximum atomic E-state index is 12.7. The van der Waals surface area contributed by atoms with E-state index in [4.69, 9.17) is 47.4 Å². The summed E-state index contributed by atoms with van der Waals surface area (Å²) >= 11 is 0. The highest BCUT2D eigenvalue weighted by atomic mass is 32.3. The number of hydrogen-bond donors (Lipinski definition) is 18. The molecule has 87 heavy (non-hydrogen) atoms. The van der Waals surface area contributed by atoms with Gasteiger partial charge in [0.2, 0.25) is 11.8 Å². The van der Waals surface area contributed by atoms with E-state index in [1.165, 1.54) is 57.9 Å².